The van der Waals surface area contributed by atoms with E-state index in [1.54, 1.807) is 30.5 Å². The third kappa shape index (κ3) is 3.10. The predicted molar refractivity (Wildman–Crippen MR) is 97.4 cm³/mol. The van der Waals surface area contributed by atoms with Crippen LogP contribution in [0.1, 0.15) is 32.7 Å². The van der Waals surface area contributed by atoms with Crippen LogP contribution in [-0.4, -0.2) is 36.0 Å². The molecule has 24 heavy (non-hydrogen) atoms. The summed E-state index contributed by atoms with van der Waals surface area (Å²) in [7, 11) is 0. The molecule has 2 N–H and O–H groups in total. The second-order valence-electron chi connectivity index (χ2n) is 5.44. The molecule has 0 spiro atoms. The highest BCUT2D eigenvalue weighted by Gasteiger charge is 2.34. The highest BCUT2D eigenvalue weighted by Crippen LogP contribution is 2.22. The molecule has 2 aromatic rings. The number of carbonyl (C=O) groups is 2. The molecule has 0 bridgehead atoms. The van der Waals surface area contributed by atoms with E-state index < -0.39 is 0 Å². The number of rotatable bonds is 5. The third-order valence-corrected chi connectivity index (χ3v) is 4.55. The monoisotopic (exact) mass is 385 g/mol. The Bertz CT molecular complexity index is 778. The maximum atomic E-state index is 12.2. The van der Waals surface area contributed by atoms with Crippen molar-refractivity contribution in [2.24, 2.45) is 4.99 Å². The average molecular weight is 386 g/mol. The second kappa shape index (κ2) is 6.97. The molecular formula is C18H16BrN3O2. The van der Waals surface area contributed by atoms with Crippen LogP contribution in [0, 0.1) is 0 Å². The first-order chi connectivity index (χ1) is 11.6. The quantitative estimate of drug-likeness (QED) is 0.371. The molecule has 0 saturated carbocycles. The molecule has 2 aromatic carbocycles. The number of hydrogen-bond donors (Lipinski definition) is 1. The zero-order valence-electron chi connectivity index (χ0n) is 12.9. The van der Waals surface area contributed by atoms with Crippen LogP contribution >= 0.6 is 15.9 Å². The fraction of sp³-hybridized carbons (Fsp3) is 0.167. The van der Waals surface area contributed by atoms with Gasteiger partial charge in [0.1, 0.15) is 0 Å². The average Bonchev–Trinajstić information content (AvgIpc) is 2.82. The summed E-state index contributed by atoms with van der Waals surface area (Å²) in [5.41, 5.74) is 8.34. The fourth-order valence-corrected chi connectivity index (χ4v) is 3.09. The predicted octanol–water partition coefficient (Wildman–Crippen LogP) is 3.14. The van der Waals surface area contributed by atoms with E-state index in [0.29, 0.717) is 36.3 Å². The number of halogens is 1. The van der Waals surface area contributed by atoms with Gasteiger partial charge in [0.15, 0.2) is 0 Å². The molecule has 1 aliphatic heterocycles. The van der Waals surface area contributed by atoms with Crippen LogP contribution in [0.5, 0.6) is 0 Å². The Labute approximate surface area is 148 Å². The molecule has 122 valence electrons. The Morgan fingerprint density at radius 1 is 1.04 bits per heavy atom. The molecule has 1 aliphatic rings. The number of fused-ring (bicyclic) bond motifs is 1. The largest absolute Gasteiger partial charge is 0.398 e. The maximum absolute atomic E-state index is 12.2. The normalized spacial score (nSPS) is 13.8. The highest BCUT2D eigenvalue weighted by atomic mass is 79.9. The maximum Gasteiger partial charge on any atom is 0.261 e. The van der Waals surface area contributed by atoms with Crippen molar-refractivity contribution in [2.45, 2.75) is 6.42 Å². The SMILES string of the molecule is Nc1cccc(Br)c1C=NCCCN1C(=O)c2ccccc2C1=O. The van der Waals surface area contributed by atoms with Crippen molar-refractivity contribution in [3.63, 3.8) is 0 Å². The molecule has 0 saturated heterocycles. The van der Waals surface area contributed by atoms with E-state index in [1.807, 2.05) is 18.2 Å². The molecule has 1 heterocycles. The molecule has 0 atom stereocenters. The summed E-state index contributed by atoms with van der Waals surface area (Å²) >= 11 is 3.43. The Balaban J connectivity index is 1.57. The lowest BCUT2D eigenvalue weighted by Gasteiger charge is -2.12. The lowest BCUT2D eigenvalue weighted by Crippen LogP contribution is -2.31. The first-order valence-electron chi connectivity index (χ1n) is 7.58. The number of nitrogen functional groups attached to an aromatic ring is 1. The molecule has 5 nitrogen and oxygen atoms in total. The molecule has 0 aromatic heterocycles. The molecule has 0 fully saturated rings. The van der Waals surface area contributed by atoms with Crippen molar-refractivity contribution in [1.29, 1.82) is 0 Å². The minimum absolute atomic E-state index is 0.227. The van der Waals surface area contributed by atoms with Gasteiger partial charge in [0, 0.05) is 35.0 Å². The Morgan fingerprint density at radius 3 is 2.33 bits per heavy atom. The van der Waals surface area contributed by atoms with Crippen molar-refractivity contribution in [2.75, 3.05) is 18.8 Å². The summed E-state index contributed by atoms with van der Waals surface area (Å²) in [5, 5.41) is 0. The van der Waals surface area contributed by atoms with Crippen LogP contribution in [0.4, 0.5) is 5.69 Å². The number of anilines is 1. The van der Waals surface area contributed by atoms with Crippen LogP contribution in [0.15, 0.2) is 51.9 Å². The third-order valence-electron chi connectivity index (χ3n) is 3.85. The van der Waals surface area contributed by atoms with Crippen LogP contribution < -0.4 is 5.73 Å². The molecule has 6 heteroatoms. The van der Waals surface area contributed by atoms with Gasteiger partial charge in [-0.05, 0) is 30.7 Å². The van der Waals surface area contributed by atoms with E-state index in [2.05, 4.69) is 20.9 Å². The van der Waals surface area contributed by atoms with Gasteiger partial charge in [0.2, 0.25) is 0 Å². The minimum Gasteiger partial charge on any atom is -0.398 e. The summed E-state index contributed by atoms with van der Waals surface area (Å²) in [6.45, 7) is 0.864. The topological polar surface area (TPSA) is 75.8 Å². The van der Waals surface area contributed by atoms with E-state index in [-0.39, 0.29) is 11.8 Å². The van der Waals surface area contributed by atoms with E-state index in [4.69, 9.17) is 5.73 Å². The lowest BCUT2D eigenvalue weighted by molar-refractivity contribution is 0.0653. The Hall–Kier alpha value is -2.47. The summed E-state index contributed by atoms with van der Waals surface area (Å²) in [5.74, 6) is -0.454. The number of amides is 2. The van der Waals surface area contributed by atoms with Crippen molar-refractivity contribution in [3.8, 4) is 0 Å². The van der Waals surface area contributed by atoms with Gasteiger partial charge in [0.05, 0.1) is 11.1 Å². The summed E-state index contributed by atoms with van der Waals surface area (Å²) in [6.07, 6.45) is 2.31. The van der Waals surface area contributed by atoms with Gasteiger partial charge in [-0.15, -0.1) is 0 Å². The van der Waals surface area contributed by atoms with Crippen molar-refractivity contribution >= 4 is 39.6 Å². The number of benzene rings is 2. The van der Waals surface area contributed by atoms with Crippen LogP contribution in [0.25, 0.3) is 0 Å². The molecule has 2 amide bonds. The van der Waals surface area contributed by atoms with E-state index in [0.717, 1.165) is 10.0 Å². The Kier molecular flexibility index (Phi) is 4.76. The molecular weight excluding hydrogens is 370 g/mol. The van der Waals surface area contributed by atoms with Gasteiger partial charge in [0.25, 0.3) is 11.8 Å². The lowest BCUT2D eigenvalue weighted by atomic mass is 10.1. The number of nitrogens with zero attached hydrogens (tertiary/aromatic N) is 2. The number of aliphatic imine (C=N–C) groups is 1. The first kappa shape index (κ1) is 16.4. The summed E-state index contributed by atoms with van der Waals surface area (Å²) < 4.78 is 0.881. The standard InChI is InChI=1S/C18H16BrN3O2/c19-15-7-3-8-16(20)14(15)11-21-9-4-10-22-17(23)12-5-1-2-6-13(12)18(22)24/h1-3,5-8,11H,4,9-10,20H2. The van der Waals surface area contributed by atoms with Gasteiger partial charge < -0.3 is 5.73 Å². The van der Waals surface area contributed by atoms with Crippen molar-refractivity contribution < 1.29 is 9.59 Å². The van der Waals surface area contributed by atoms with Crippen LogP contribution in [-0.2, 0) is 0 Å². The molecule has 0 radical (unpaired) electrons. The van der Waals surface area contributed by atoms with Crippen molar-refractivity contribution in [3.05, 3.63) is 63.6 Å². The summed E-state index contributed by atoms with van der Waals surface area (Å²) in [6, 6.07) is 12.5. The van der Waals surface area contributed by atoms with Gasteiger partial charge in [-0.1, -0.05) is 34.1 Å². The van der Waals surface area contributed by atoms with Crippen LogP contribution in [0.2, 0.25) is 0 Å². The minimum atomic E-state index is -0.227. The zero-order chi connectivity index (χ0) is 17.1. The van der Waals surface area contributed by atoms with Gasteiger partial charge in [-0.2, -0.15) is 0 Å². The molecule has 3 rings (SSSR count). The first-order valence-corrected chi connectivity index (χ1v) is 8.38. The number of nitrogens with two attached hydrogens (primary N) is 1. The van der Waals surface area contributed by atoms with Gasteiger partial charge in [-0.25, -0.2) is 0 Å². The number of hydrogen-bond acceptors (Lipinski definition) is 4. The second-order valence-corrected chi connectivity index (χ2v) is 6.29. The number of imide groups is 1. The highest BCUT2D eigenvalue weighted by molar-refractivity contribution is 9.10. The number of carbonyl (C=O) groups excluding carboxylic acids is 2. The molecule has 0 aliphatic carbocycles. The van der Waals surface area contributed by atoms with Gasteiger partial charge in [-0.3, -0.25) is 19.5 Å². The van der Waals surface area contributed by atoms with Gasteiger partial charge >= 0.3 is 0 Å². The van der Waals surface area contributed by atoms with E-state index in [1.165, 1.54) is 4.90 Å². The van der Waals surface area contributed by atoms with E-state index >= 15 is 0 Å². The fourth-order valence-electron chi connectivity index (χ4n) is 2.61. The zero-order valence-corrected chi connectivity index (χ0v) is 14.5. The summed E-state index contributed by atoms with van der Waals surface area (Å²) in [4.78, 5) is 30.1. The molecule has 0 unspecified atom stereocenters. The smallest absolute Gasteiger partial charge is 0.261 e. The Morgan fingerprint density at radius 2 is 1.71 bits per heavy atom. The van der Waals surface area contributed by atoms with E-state index in [9.17, 15) is 9.59 Å². The van der Waals surface area contributed by atoms with Crippen molar-refractivity contribution in [1.82, 2.24) is 4.90 Å². The van der Waals surface area contributed by atoms with Crippen LogP contribution in [0.3, 0.4) is 0 Å².